The first kappa shape index (κ1) is 21.4. The van der Waals surface area contributed by atoms with E-state index < -0.39 is 23.6 Å². The van der Waals surface area contributed by atoms with Gasteiger partial charge in [-0.1, -0.05) is 12.1 Å². The molecule has 0 atom stereocenters. The van der Waals surface area contributed by atoms with E-state index in [9.17, 15) is 19.6 Å². The summed E-state index contributed by atoms with van der Waals surface area (Å²) in [7, 11) is 0. The van der Waals surface area contributed by atoms with Crippen LogP contribution in [0.4, 0.5) is 10.5 Å². The highest BCUT2D eigenvalue weighted by Gasteiger charge is 2.36. The molecule has 34 heavy (non-hydrogen) atoms. The molecule has 1 fully saturated rings. The first-order chi connectivity index (χ1) is 16.5. The van der Waals surface area contributed by atoms with Crippen LogP contribution < -0.4 is 14.8 Å². The molecule has 9 nitrogen and oxygen atoms in total. The molecule has 3 aromatic rings. The molecule has 1 saturated heterocycles. The van der Waals surface area contributed by atoms with Gasteiger partial charge in [-0.3, -0.25) is 19.3 Å². The number of thioether (sulfide) groups is 1. The number of carbonyl (C=O) groups excluding carboxylic acids is 3. The molecule has 3 heterocycles. The van der Waals surface area contributed by atoms with Gasteiger partial charge < -0.3 is 19.2 Å². The molecular weight excluding hydrogens is 458 g/mol. The van der Waals surface area contributed by atoms with Crippen molar-refractivity contribution in [2.75, 3.05) is 18.7 Å². The maximum atomic E-state index is 12.8. The minimum atomic E-state index is -0.591. The molecule has 0 unspecified atom stereocenters. The van der Waals surface area contributed by atoms with Gasteiger partial charge in [0.2, 0.25) is 12.7 Å². The fourth-order valence-corrected chi connectivity index (χ4v) is 4.27. The molecule has 0 radical (unpaired) electrons. The summed E-state index contributed by atoms with van der Waals surface area (Å²) in [5, 5.41) is 11.4. The second-order valence-corrected chi connectivity index (χ2v) is 8.24. The Hall–Kier alpha value is -4.49. The van der Waals surface area contributed by atoms with Gasteiger partial charge >= 0.3 is 0 Å². The lowest BCUT2D eigenvalue weighted by Crippen LogP contribution is -2.36. The number of rotatable bonds is 5. The standard InChI is InChI=1S/C24H15N3O6S/c25-11-14-3-1-2-4-17(14)18-8-6-16(33-18)10-21-23(29)27(24(30)34-21)12-22(28)26-15-5-7-19-20(9-15)32-13-31-19/h1-10H,12-13H2,(H,26,28)/b21-10+. The number of fused-ring (bicyclic) bond motifs is 1. The normalized spacial score (nSPS) is 15.6. The second-order valence-electron chi connectivity index (χ2n) is 7.24. The number of nitrogens with one attached hydrogen (secondary N) is 1. The molecule has 0 aliphatic carbocycles. The highest BCUT2D eigenvalue weighted by molar-refractivity contribution is 8.18. The quantitative estimate of drug-likeness (QED) is 0.547. The maximum absolute atomic E-state index is 12.8. The van der Waals surface area contributed by atoms with Crippen molar-refractivity contribution >= 4 is 40.6 Å². The number of imide groups is 1. The van der Waals surface area contributed by atoms with Gasteiger partial charge in [0, 0.05) is 23.4 Å². The van der Waals surface area contributed by atoms with Crippen molar-refractivity contribution in [2.45, 2.75) is 0 Å². The Kier molecular flexibility index (Phi) is 5.53. The zero-order valence-corrected chi connectivity index (χ0v) is 18.3. The Bertz CT molecular complexity index is 1400. The summed E-state index contributed by atoms with van der Waals surface area (Å²) in [6, 6.07) is 17.3. The first-order valence-corrected chi connectivity index (χ1v) is 10.9. The highest BCUT2D eigenvalue weighted by atomic mass is 32.2. The summed E-state index contributed by atoms with van der Waals surface area (Å²) in [5.41, 5.74) is 1.53. The van der Waals surface area contributed by atoms with Crippen LogP contribution in [-0.4, -0.2) is 35.3 Å². The number of nitrogens with zero attached hydrogens (tertiary/aromatic N) is 2. The minimum Gasteiger partial charge on any atom is -0.457 e. The van der Waals surface area contributed by atoms with Crippen molar-refractivity contribution in [3.8, 4) is 28.9 Å². The molecule has 168 valence electrons. The molecular formula is C24H15N3O6S. The molecule has 0 saturated carbocycles. The highest BCUT2D eigenvalue weighted by Crippen LogP contribution is 2.35. The van der Waals surface area contributed by atoms with Crippen molar-refractivity contribution < 1.29 is 28.3 Å². The number of carbonyl (C=O) groups is 3. The predicted octanol–water partition coefficient (Wildman–Crippen LogP) is 4.22. The van der Waals surface area contributed by atoms with Crippen LogP contribution in [-0.2, 0) is 9.59 Å². The largest absolute Gasteiger partial charge is 0.457 e. The summed E-state index contributed by atoms with van der Waals surface area (Å²) in [4.78, 5) is 38.6. The number of ether oxygens (including phenoxy) is 2. The Morgan fingerprint density at radius 3 is 2.79 bits per heavy atom. The molecule has 0 bridgehead atoms. The molecule has 0 spiro atoms. The van der Waals surface area contributed by atoms with Crippen molar-refractivity contribution in [3.63, 3.8) is 0 Å². The number of nitriles is 1. The van der Waals surface area contributed by atoms with E-state index >= 15 is 0 Å². The number of benzene rings is 2. The summed E-state index contributed by atoms with van der Waals surface area (Å²) >= 11 is 0.724. The van der Waals surface area contributed by atoms with Gasteiger partial charge in [0.05, 0.1) is 16.5 Å². The SMILES string of the molecule is N#Cc1ccccc1-c1ccc(/C=C2/SC(=O)N(CC(=O)Nc3ccc4c(c3)OCO4)C2=O)o1. The average Bonchev–Trinajstić information content (AvgIpc) is 3.55. The summed E-state index contributed by atoms with van der Waals surface area (Å²) < 4.78 is 16.3. The van der Waals surface area contributed by atoms with E-state index in [1.165, 1.54) is 6.08 Å². The lowest BCUT2D eigenvalue weighted by atomic mass is 10.1. The summed E-state index contributed by atoms with van der Waals surface area (Å²) in [6.07, 6.45) is 1.44. The number of anilines is 1. The van der Waals surface area contributed by atoms with Crippen molar-refractivity contribution in [2.24, 2.45) is 0 Å². The number of amides is 3. The first-order valence-electron chi connectivity index (χ1n) is 10.1. The topological polar surface area (TPSA) is 122 Å². The number of hydrogen-bond acceptors (Lipinski definition) is 8. The maximum Gasteiger partial charge on any atom is 0.294 e. The Morgan fingerprint density at radius 1 is 1.12 bits per heavy atom. The van der Waals surface area contributed by atoms with Crippen LogP contribution in [0.15, 0.2) is 63.9 Å². The summed E-state index contributed by atoms with van der Waals surface area (Å²) in [5.74, 6) is 0.763. The van der Waals surface area contributed by atoms with Gasteiger partial charge in [-0.15, -0.1) is 0 Å². The molecule has 2 aliphatic heterocycles. The molecule has 1 N–H and O–H groups in total. The van der Waals surface area contributed by atoms with Gasteiger partial charge in [-0.25, -0.2) is 0 Å². The summed E-state index contributed by atoms with van der Waals surface area (Å²) in [6.45, 7) is -0.326. The van der Waals surface area contributed by atoms with Crippen molar-refractivity contribution in [1.29, 1.82) is 5.26 Å². The zero-order valence-electron chi connectivity index (χ0n) is 17.4. The molecule has 3 amide bonds. The van der Waals surface area contributed by atoms with Crippen LogP contribution in [0, 0.1) is 11.3 Å². The van der Waals surface area contributed by atoms with Gasteiger partial charge in [0.25, 0.3) is 11.1 Å². The third-order valence-electron chi connectivity index (χ3n) is 5.04. The van der Waals surface area contributed by atoms with E-state index in [-0.39, 0.29) is 11.7 Å². The van der Waals surface area contributed by atoms with Gasteiger partial charge in [0.1, 0.15) is 18.1 Å². The van der Waals surface area contributed by atoms with E-state index in [0.717, 1.165) is 16.7 Å². The fraction of sp³-hybridized carbons (Fsp3) is 0.0833. The lowest BCUT2D eigenvalue weighted by molar-refractivity contribution is -0.127. The van der Waals surface area contributed by atoms with Crippen molar-refractivity contribution in [3.05, 3.63) is 70.8 Å². The van der Waals surface area contributed by atoms with E-state index in [0.29, 0.717) is 39.8 Å². The van der Waals surface area contributed by atoms with Gasteiger partial charge in [-0.05, 0) is 48.2 Å². The smallest absolute Gasteiger partial charge is 0.294 e. The van der Waals surface area contributed by atoms with E-state index in [4.69, 9.17) is 13.9 Å². The van der Waals surface area contributed by atoms with Gasteiger partial charge in [-0.2, -0.15) is 5.26 Å². The Balaban J connectivity index is 1.27. The fourth-order valence-electron chi connectivity index (χ4n) is 3.45. The molecule has 2 aliphatic rings. The van der Waals surface area contributed by atoms with Crippen LogP contribution in [0.2, 0.25) is 0 Å². The third kappa shape index (κ3) is 4.12. The van der Waals surface area contributed by atoms with Crippen LogP contribution in [0.5, 0.6) is 11.5 Å². The Morgan fingerprint density at radius 2 is 1.94 bits per heavy atom. The number of furan rings is 1. The molecule has 2 aromatic carbocycles. The van der Waals surface area contributed by atoms with Crippen LogP contribution in [0.25, 0.3) is 17.4 Å². The van der Waals surface area contributed by atoms with E-state index in [2.05, 4.69) is 11.4 Å². The number of hydrogen-bond donors (Lipinski definition) is 1. The monoisotopic (exact) mass is 473 g/mol. The van der Waals surface area contributed by atoms with Crippen LogP contribution in [0.1, 0.15) is 11.3 Å². The van der Waals surface area contributed by atoms with Gasteiger partial charge in [0.15, 0.2) is 11.5 Å². The average molecular weight is 473 g/mol. The predicted molar refractivity (Wildman–Crippen MR) is 123 cm³/mol. The Labute approximate surface area is 197 Å². The zero-order chi connectivity index (χ0) is 23.7. The molecule has 1 aromatic heterocycles. The van der Waals surface area contributed by atoms with Crippen molar-refractivity contribution in [1.82, 2.24) is 4.90 Å². The van der Waals surface area contributed by atoms with Crippen LogP contribution in [0.3, 0.4) is 0 Å². The van der Waals surface area contributed by atoms with Crippen LogP contribution >= 0.6 is 11.8 Å². The second kappa shape index (κ2) is 8.80. The third-order valence-corrected chi connectivity index (χ3v) is 5.95. The minimum absolute atomic E-state index is 0.109. The molecule has 5 rings (SSSR count). The van der Waals surface area contributed by atoms with E-state index in [1.807, 2.05) is 0 Å². The van der Waals surface area contributed by atoms with E-state index in [1.54, 1.807) is 54.6 Å². The lowest BCUT2D eigenvalue weighted by Gasteiger charge is -2.12. The molecule has 10 heteroatoms.